The molecule has 1 nitrogen and oxygen atoms in total. The molecular weight excluding hydrogens is 261 g/mol. The maximum atomic E-state index is 6.06. The van der Waals surface area contributed by atoms with Crippen molar-refractivity contribution in [3.8, 4) is 0 Å². The van der Waals surface area contributed by atoms with Crippen LogP contribution in [0, 0.1) is 6.92 Å². The molecule has 0 amide bonds. The minimum Gasteiger partial charge on any atom is -0.324 e. The molecule has 0 bridgehead atoms. The molecule has 0 aliphatic heterocycles. The van der Waals surface area contributed by atoms with E-state index in [1.54, 1.807) is 0 Å². The van der Waals surface area contributed by atoms with E-state index in [1.807, 2.05) is 0 Å². The summed E-state index contributed by atoms with van der Waals surface area (Å²) >= 11 is 3.60. The second-order valence-corrected chi connectivity index (χ2v) is 4.67. The standard InChI is InChI=1S/C11H14BrN.ClH/c1-7-5-9-8(10(12)6-7)3-2-4-11(9)13;/h5-6,11H,2-4,13H2,1H3;1H. The molecule has 1 aliphatic rings. The Balaban J connectivity index is 0.000000980. The molecule has 0 saturated heterocycles. The average molecular weight is 277 g/mol. The number of hydrogen-bond acceptors (Lipinski definition) is 1. The first-order chi connectivity index (χ1) is 6.18. The van der Waals surface area contributed by atoms with Crippen LogP contribution in [0.25, 0.3) is 0 Å². The molecule has 1 aliphatic carbocycles. The van der Waals surface area contributed by atoms with Crippen molar-refractivity contribution >= 4 is 28.3 Å². The van der Waals surface area contributed by atoms with Gasteiger partial charge in [0.1, 0.15) is 0 Å². The maximum Gasteiger partial charge on any atom is 0.0298 e. The number of benzene rings is 1. The van der Waals surface area contributed by atoms with Gasteiger partial charge in [-0.1, -0.05) is 22.0 Å². The lowest BCUT2D eigenvalue weighted by Crippen LogP contribution is -2.17. The van der Waals surface area contributed by atoms with Gasteiger partial charge in [0.2, 0.25) is 0 Å². The van der Waals surface area contributed by atoms with Crippen molar-refractivity contribution < 1.29 is 0 Å². The van der Waals surface area contributed by atoms with Crippen molar-refractivity contribution in [1.29, 1.82) is 0 Å². The zero-order valence-electron chi connectivity index (χ0n) is 8.22. The van der Waals surface area contributed by atoms with Gasteiger partial charge in [0, 0.05) is 10.5 Å². The van der Waals surface area contributed by atoms with Gasteiger partial charge in [-0.05, 0) is 48.9 Å². The van der Waals surface area contributed by atoms with Crippen molar-refractivity contribution in [3.63, 3.8) is 0 Å². The second-order valence-electron chi connectivity index (χ2n) is 3.81. The molecule has 1 aromatic rings. The number of nitrogens with two attached hydrogens (primary N) is 1. The lowest BCUT2D eigenvalue weighted by atomic mass is 9.87. The monoisotopic (exact) mass is 275 g/mol. The molecule has 0 fully saturated rings. The van der Waals surface area contributed by atoms with E-state index >= 15 is 0 Å². The van der Waals surface area contributed by atoms with Crippen LogP contribution in [0.15, 0.2) is 16.6 Å². The Bertz CT molecular complexity index is 338. The molecule has 2 rings (SSSR count). The van der Waals surface area contributed by atoms with Crippen LogP contribution in [0.4, 0.5) is 0 Å². The highest BCUT2D eigenvalue weighted by atomic mass is 79.9. The smallest absolute Gasteiger partial charge is 0.0298 e. The first kappa shape index (κ1) is 12.0. The van der Waals surface area contributed by atoms with Crippen LogP contribution >= 0.6 is 28.3 Å². The van der Waals surface area contributed by atoms with Crippen molar-refractivity contribution in [3.05, 3.63) is 33.3 Å². The number of rotatable bonds is 0. The molecule has 1 aromatic carbocycles. The first-order valence-corrected chi connectivity index (χ1v) is 5.52. The molecule has 0 saturated carbocycles. The highest BCUT2D eigenvalue weighted by Gasteiger charge is 2.18. The van der Waals surface area contributed by atoms with Crippen molar-refractivity contribution in [2.75, 3.05) is 0 Å². The molecule has 3 heteroatoms. The van der Waals surface area contributed by atoms with E-state index in [1.165, 1.54) is 34.0 Å². The first-order valence-electron chi connectivity index (χ1n) is 4.73. The maximum absolute atomic E-state index is 6.06. The number of halogens is 2. The topological polar surface area (TPSA) is 26.0 Å². The van der Waals surface area contributed by atoms with Gasteiger partial charge in [0.05, 0.1) is 0 Å². The lowest BCUT2D eigenvalue weighted by molar-refractivity contribution is 0.568. The summed E-state index contributed by atoms with van der Waals surface area (Å²) in [7, 11) is 0. The lowest BCUT2D eigenvalue weighted by Gasteiger charge is -2.23. The summed E-state index contributed by atoms with van der Waals surface area (Å²) in [6.45, 7) is 2.12. The van der Waals surface area contributed by atoms with Gasteiger partial charge in [-0.15, -0.1) is 12.4 Å². The van der Waals surface area contributed by atoms with Crippen LogP contribution in [-0.4, -0.2) is 0 Å². The number of aryl methyl sites for hydroxylation is 1. The van der Waals surface area contributed by atoms with Gasteiger partial charge in [-0.25, -0.2) is 0 Å². The van der Waals surface area contributed by atoms with Crippen LogP contribution in [0.1, 0.15) is 35.6 Å². The molecule has 78 valence electrons. The van der Waals surface area contributed by atoms with Crippen LogP contribution in [0.5, 0.6) is 0 Å². The van der Waals surface area contributed by atoms with Crippen molar-refractivity contribution in [1.82, 2.24) is 0 Å². The van der Waals surface area contributed by atoms with E-state index < -0.39 is 0 Å². The van der Waals surface area contributed by atoms with Crippen molar-refractivity contribution in [2.45, 2.75) is 32.2 Å². The molecular formula is C11H15BrClN. The third kappa shape index (κ3) is 2.13. The fraction of sp³-hybridized carbons (Fsp3) is 0.455. The Morgan fingerprint density at radius 2 is 2.14 bits per heavy atom. The Morgan fingerprint density at radius 3 is 2.86 bits per heavy atom. The van der Waals surface area contributed by atoms with E-state index in [0.29, 0.717) is 0 Å². The summed E-state index contributed by atoms with van der Waals surface area (Å²) in [6, 6.07) is 4.65. The summed E-state index contributed by atoms with van der Waals surface area (Å²) in [5, 5.41) is 0. The second kappa shape index (κ2) is 4.65. The third-order valence-corrected chi connectivity index (χ3v) is 3.42. The molecule has 0 aromatic heterocycles. The largest absolute Gasteiger partial charge is 0.324 e. The van der Waals surface area contributed by atoms with Gasteiger partial charge in [-0.3, -0.25) is 0 Å². The molecule has 0 spiro atoms. The molecule has 1 atom stereocenters. The molecule has 0 heterocycles. The van der Waals surface area contributed by atoms with Gasteiger partial charge >= 0.3 is 0 Å². The molecule has 2 N–H and O–H groups in total. The number of fused-ring (bicyclic) bond motifs is 1. The van der Waals surface area contributed by atoms with Gasteiger partial charge in [0.25, 0.3) is 0 Å². The summed E-state index contributed by atoms with van der Waals surface area (Å²) in [4.78, 5) is 0. The quantitative estimate of drug-likeness (QED) is 0.771. The zero-order chi connectivity index (χ0) is 9.42. The molecule has 1 unspecified atom stereocenters. The predicted molar refractivity (Wildman–Crippen MR) is 66.0 cm³/mol. The SMILES string of the molecule is Cc1cc(Br)c2c(c1)C(N)CCC2.Cl. The Morgan fingerprint density at radius 1 is 1.43 bits per heavy atom. The summed E-state index contributed by atoms with van der Waals surface area (Å²) in [5.74, 6) is 0. The summed E-state index contributed by atoms with van der Waals surface area (Å²) < 4.78 is 1.23. The summed E-state index contributed by atoms with van der Waals surface area (Å²) in [6.07, 6.45) is 3.52. The fourth-order valence-corrected chi connectivity index (χ4v) is 2.84. The predicted octanol–water partition coefficient (Wildman–Crippen LogP) is 3.52. The Labute approximate surface area is 99.6 Å². The highest BCUT2D eigenvalue weighted by Crippen LogP contribution is 2.33. The van der Waals surface area contributed by atoms with Crippen LogP contribution in [0.3, 0.4) is 0 Å². The van der Waals surface area contributed by atoms with E-state index in [2.05, 4.69) is 35.0 Å². The minimum atomic E-state index is 0. The average Bonchev–Trinajstić information content (AvgIpc) is 2.07. The third-order valence-electron chi connectivity index (χ3n) is 2.72. The van der Waals surface area contributed by atoms with Gasteiger partial charge in [-0.2, -0.15) is 0 Å². The van der Waals surface area contributed by atoms with Crippen LogP contribution in [-0.2, 0) is 6.42 Å². The Kier molecular flexibility index (Phi) is 3.99. The zero-order valence-corrected chi connectivity index (χ0v) is 10.6. The highest BCUT2D eigenvalue weighted by molar-refractivity contribution is 9.10. The van der Waals surface area contributed by atoms with E-state index in [9.17, 15) is 0 Å². The molecule has 0 radical (unpaired) electrons. The van der Waals surface area contributed by atoms with Crippen molar-refractivity contribution in [2.24, 2.45) is 5.73 Å². The summed E-state index contributed by atoms with van der Waals surface area (Å²) in [5.41, 5.74) is 10.1. The van der Waals surface area contributed by atoms with E-state index in [4.69, 9.17) is 5.73 Å². The number of hydrogen-bond donors (Lipinski definition) is 1. The fourth-order valence-electron chi connectivity index (χ4n) is 2.05. The van der Waals surface area contributed by atoms with E-state index in [0.717, 1.165) is 6.42 Å². The van der Waals surface area contributed by atoms with Crippen LogP contribution < -0.4 is 5.73 Å². The van der Waals surface area contributed by atoms with E-state index in [-0.39, 0.29) is 18.4 Å². The van der Waals surface area contributed by atoms with Gasteiger partial charge in [0.15, 0.2) is 0 Å². The molecule has 14 heavy (non-hydrogen) atoms. The Hall–Kier alpha value is -0.0500. The van der Waals surface area contributed by atoms with Gasteiger partial charge < -0.3 is 5.73 Å². The normalized spacial score (nSPS) is 19.8. The van der Waals surface area contributed by atoms with Crippen LogP contribution in [0.2, 0.25) is 0 Å². The minimum absolute atomic E-state index is 0.